The second kappa shape index (κ2) is 15.4. The van der Waals surface area contributed by atoms with Crippen LogP contribution in [0.5, 0.6) is 0 Å². The van der Waals surface area contributed by atoms with Gasteiger partial charge in [-0.2, -0.15) is 11.3 Å². The third kappa shape index (κ3) is 8.16. The van der Waals surface area contributed by atoms with Gasteiger partial charge in [-0.3, -0.25) is 4.39 Å². The van der Waals surface area contributed by atoms with E-state index in [0.29, 0.717) is 11.6 Å². The normalized spacial score (nSPS) is 12.5. The summed E-state index contributed by atoms with van der Waals surface area (Å²) < 4.78 is 39.2. The molecule has 0 spiro atoms. The molecule has 0 bridgehead atoms. The first-order chi connectivity index (χ1) is 24.2. The van der Waals surface area contributed by atoms with Crippen molar-refractivity contribution in [2.45, 2.75) is 53.7 Å². The average Bonchev–Trinajstić information content (AvgIpc) is 3.47. The molecule has 4 aromatic carbocycles. The van der Waals surface area contributed by atoms with Crippen LogP contribution < -0.4 is 5.19 Å². The maximum atomic E-state index is 14.5. The average molecular weight is 860 g/mol. The summed E-state index contributed by atoms with van der Waals surface area (Å²) in [6.07, 6.45) is 4.76. The van der Waals surface area contributed by atoms with Crippen LogP contribution in [0.1, 0.15) is 34.7 Å². The fourth-order valence-corrected chi connectivity index (χ4v) is 8.87. The fraction of sp³-hybridized carbons (Fsp3) is 0.209. The van der Waals surface area contributed by atoms with Crippen LogP contribution in [0.2, 0.25) is 19.6 Å². The van der Waals surface area contributed by atoms with Crippen molar-refractivity contribution in [1.82, 2.24) is 9.97 Å². The molecule has 3 aromatic heterocycles. The minimum Gasteiger partial charge on any atom is -0.305 e. The zero-order valence-corrected chi connectivity index (χ0v) is 32.8. The summed E-state index contributed by atoms with van der Waals surface area (Å²) >= 11 is 1.82. The Morgan fingerprint density at radius 3 is 2.27 bits per heavy atom. The van der Waals surface area contributed by atoms with Crippen molar-refractivity contribution in [2.24, 2.45) is 5.92 Å². The number of hydrogen-bond acceptors (Lipinski definition) is 3. The van der Waals surface area contributed by atoms with Crippen LogP contribution in [-0.2, 0) is 26.5 Å². The summed E-state index contributed by atoms with van der Waals surface area (Å²) in [6, 6.07) is 35.9. The van der Waals surface area contributed by atoms with Gasteiger partial charge >= 0.3 is 0 Å². The molecule has 0 aliphatic rings. The number of thiophene rings is 1. The van der Waals surface area contributed by atoms with E-state index >= 15 is 0 Å². The van der Waals surface area contributed by atoms with E-state index in [4.69, 9.17) is 9.10 Å². The maximum absolute atomic E-state index is 14.5. The van der Waals surface area contributed by atoms with Gasteiger partial charge in [-0.1, -0.05) is 118 Å². The molecule has 0 saturated heterocycles. The van der Waals surface area contributed by atoms with E-state index in [1.807, 2.05) is 41.9 Å². The molecule has 0 amide bonds. The van der Waals surface area contributed by atoms with Gasteiger partial charge in [0.15, 0.2) is 0 Å². The molecular formula is C43H41FIrN2SSi-2. The third-order valence-electron chi connectivity index (χ3n) is 8.37. The number of rotatable bonds is 6. The Hall–Kier alpha value is -3.80. The van der Waals surface area contributed by atoms with Gasteiger partial charge < -0.3 is 9.97 Å². The quantitative estimate of drug-likeness (QED) is 0.123. The molecule has 3 heterocycles. The van der Waals surface area contributed by atoms with Crippen LogP contribution in [0.4, 0.5) is 4.39 Å². The summed E-state index contributed by atoms with van der Waals surface area (Å²) in [6.45, 7) is 10.9. The number of aryl methyl sites for hydroxylation is 2. The molecule has 251 valence electrons. The standard InChI is InChI=1S/C24H16NS.C19H25FNSi.Ir/c1-16-14-22(25-15-21(16)17-8-3-2-4-9-17)20-12-7-11-19-18-10-5-6-13-23(18)26-24(19)20;1-13(2)9-15-11-18(21-12-19(15)22(4,5)6)16-8-7-14(3)10-17(16)20;/h2-11,13-15H,1H3;7,10-13H,9H2,1-6H3;/q2*-1;/i;3D3;. The number of halogens is 1. The minimum absolute atomic E-state index is 0. The van der Waals surface area contributed by atoms with Crippen LogP contribution in [0.25, 0.3) is 53.8 Å². The second-order valence-electron chi connectivity index (χ2n) is 13.6. The molecule has 1 radical (unpaired) electrons. The van der Waals surface area contributed by atoms with Crippen molar-refractivity contribution in [2.75, 3.05) is 0 Å². The van der Waals surface area contributed by atoms with Crippen molar-refractivity contribution in [3.05, 3.63) is 138 Å². The molecule has 0 unspecified atom stereocenters. The zero-order chi connectivity index (χ0) is 36.5. The molecule has 0 aliphatic heterocycles. The van der Waals surface area contributed by atoms with E-state index in [9.17, 15) is 4.39 Å². The zero-order valence-electron chi connectivity index (χ0n) is 31.6. The summed E-state index contributed by atoms with van der Waals surface area (Å²) in [7, 11) is -1.56. The second-order valence-corrected chi connectivity index (χ2v) is 19.7. The van der Waals surface area contributed by atoms with Crippen molar-refractivity contribution in [1.29, 1.82) is 0 Å². The van der Waals surface area contributed by atoms with E-state index in [-0.39, 0.29) is 31.2 Å². The predicted molar refractivity (Wildman–Crippen MR) is 206 cm³/mol. The Labute approximate surface area is 313 Å². The first-order valence-corrected chi connectivity index (χ1v) is 20.6. The number of hydrogen-bond donors (Lipinski definition) is 0. The van der Waals surface area contributed by atoms with Gasteiger partial charge in [0.2, 0.25) is 0 Å². The van der Waals surface area contributed by atoms with Gasteiger partial charge in [0.1, 0.15) is 0 Å². The fourth-order valence-electron chi connectivity index (χ4n) is 6.08. The summed E-state index contributed by atoms with van der Waals surface area (Å²) in [4.78, 5) is 9.24. The number of pyridine rings is 2. The largest absolute Gasteiger partial charge is 0.305 e. The Balaban J connectivity index is 0.000000198. The number of benzene rings is 4. The SMILES string of the molecule is Cc1cc(-c2[c-]ccc3c2sc2ccccc23)ncc1-c1ccccc1.[2H]C([2H])([2H])c1c[c-]c(-c2cc(CC(C)C)c([Si](C)(C)C)cn2)c(F)c1.[Ir]. The minimum atomic E-state index is -2.34. The maximum Gasteiger partial charge on any atom is 0.0798 e. The van der Waals surface area contributed by atoms with Crippen molar-refractivity contribution >= 4 is 44.8 Å². The number of nitrogens with zero attached hydrogens (tertiary/aromatic N) is 2. The van der Waals surface area contributed by atoms with Crippen molar-refractivity contribution < 1.29 is 28.6 Å². The van der Waals surface area contributed by atoms with Gasteiger partial charge in [0.05, 0.1) is 8.07 Å². The first-order valence-electron chi connectivity index (χ1n) is 17.8. The van der Waals surface area contributed by atoms with E-state index in [0.717, 1.165) is 23.7 Å². The Kier molecular flexibility index (Phi) is 10.2. The van der Waals surface area contributed by atoms with E-state index < -0.39 is 20.7 Å². The van der Waals surface area contributed by atoms with E-state index in [1.165, 1.54) is 53.7 Å². The van der Waals surface area contributed by atoms with Crippen molar-refractivity contribution in [3.8, 4) is 33.6 Å². The molecule has 0 saturated carbocycles. The van der Waals surface area contributed by atoms with E-state index in [1.54, 1.807) is 0 Å². The third-order valence-corrected chi connectivity index (χ3v) is 11.6. The summed E-state index contributed by atoms with van der Waals surface area (Å²) in [5.41, 5.74) is 7.57. The Bertz CT molecular complexity index is 2330. The first kappa shape index (κ1) is 32.4. The molecule has 7 rings (SSSR count). The van der Waals surface area contributed by atoms with Crippen LogP contribution in [-0.4, -0.2) is 18.0 Å². The molecule has 0 fully saturated rings. The van der Waals surface area contributed by atoms with Gasteiger partial charge in [0, 0.05) is 52.7 Å². The van der Waals surface area contributed by atoms with Crippen LogP contribution in [0.15, 0.2) is 103 Å². The molecule has 0 aliphatic carbocycles. The van der Waals surface area contributed by atoms with Crippen LogP contribution >= 0.6 is 11.3 Å². The molecule has 6 heteroatoms. The summed E-state index contributed by atoms with van der Waals surface area (Å²) in [5, 5.41) is 3.87. The van der Waals surface area contributed by atoms with Crippen LogP contribution in [0.3, 0.4) is 0 Å². The smallest absolute Gasteiger partial charge is 0.0798 e. The van der Waals surface area contributed by atoms with Gasteiger partial charge in [-0.25, -0.2) is 0 Å². The molecular weight excluding hydrogens is 816 g/mol. The van der Waals surface area contributed by atoms with Crippen LogP contribution in [0, 0.1) is 37.6 Å². The molecule has 0 N–H and O–H groups in total. The van der Waals surface area contributed by atoms with Gasteiger partial charge in [0.25, 0.3) is 0 Å². The van der Waals surface area contributed by atoms with Gasteiger partial charge in [-0.05, 0) is 63.1 Å². The molecule has 0 atom stereocenters. The topological polar surface area (TPSA) is 25.8 Å². The Morgan fingerprint density at radius 1 is 0.857 bits per heavy atom. The number of aromatic nitrogens is 2. The van der Waals surface area contributed by atoms with Gasteiger partial charge in [-0.15, -0.1) is 47.5 Å². The molecule has 49 heavy (non-hydrogen) atoms. The van der Waals surface area contributed by atoms with E-state index in [2.05, 4.69) is 118 Å². The monoisotopic (exact) mass is 860 g/mol. The summed E-state index contributed by atoms with van der Waals surface area (Å²) in [5.74, 6) is -0.116. The van der Waals surface area contributed by atoms with Crippen molar-refractivity contribution in [3.63, 3.8) is 0 Å². The number of fused-ring (bicyclic) bond motifs is 3. The molecule has 2 nitrogen and oxygen atoms in total. The molecule has 7 aromatic rings. The Morgan fingerprint density at radius 2 is 1.57 bits per heavy atom. The predicted octanol–water partition coefficient (Wildman–Crippen LogP) is 11.6.